The second-order valence-electron chi connectivity index (χ2n) is 3.04. The maximum absolute atomic E-state index is 5.46. The first-order valence-corrected chi connectivity index (χ1v) is 5.47. The molecule has 0 unspecified atom stereocenters. The Kier molecular flexibility index (Phi) is 3.53. The molecule has 1 heterocycles. The van der Waals surface area contributed by atoms with Crippen molar-refractivity contribution in [2.45, 2.75) is 13.2 Å². The zero-order chi connectivity index (χ0) is 11.4. The molecular weight excluding hydrogens is 274 g/mol. The van der Waals surface area contributed by atoms with E-state index in [2.05, 4.69) is 26.1 Å². The molecule has 0 aliphatic carbocycles. The maximum atomic E-state index is 5.46. The predicted octanol–water partition coefficient (Wildman–Crippen LogP) is 1.87. The third kappa shape index (κ3) is 2.80. The van der Waals surface area contributed by atoms with E-state index in [0.29, 0.717) is 11.8 Å². The maximum Gasteiger partial charge on any atom is 0.253 e. The second kappa shape index (κ2) is 5.09. The van der Waals surface area contributed by atoms with Crippen LogP contribution in [0.4, 0.5) is 0 Å². The van der Waals surface area contributed by atoms with E-state index in [0.717, 1.165) is 10.2 Å². The summed E-state index contributed by atoms with van der Waals surface area (Å²) in [5, 5.41) is 7.52. The van der Waals surface area contributed by atoms with Gasteiger partial charge in [0.15, 0.2) is 6.61 Å². The van der Waals surface area contributed by atoms with E-state index < -0.39 is 0 Å². The lowest BCUT2D eigenvalue weighted by molar-refractivity contribution is 0.259. The Balaban J connectivity index is 1.96. The van der Waals surface area contributed by atoms with Crippen molar-refractivity contribution in [3.63, 3.8) is 0 Å². The molecule has 0 aliphatic heterocycles. The lowest BCUT2D eigenvalue weighted by Crippen LogP contribution is -1.96. The van der Waals surface area contributed by atoms with E-state index >= 15 is 0 Å². The third-order valence-corrected chi connectivity index (χ3v) is 2.33. The molecule has 5 nitrogen and oxygen atoms in total. The van der Waals surface area contributed by atoms with Crippen molar-refractivity contribution < 1.29 is 9.15 Å². The number of aromatic nitrogens is 2. The van der Waals surface area contributed by atoms with Crippen LogP contribution in [0.3, 0.4) is 0 Å². The molecule has 0 aliphatic rings. The molecule has 0 saturated carbocycles. The Morgan fingerprint density at radius 1 is 1.31 bits per heavy atom. The number of nitrogens with zero attached hydrogens (tertiary/aromatic N) is 2. The summed E-state index contributed by atoms with van der Waals surface area (Å²) in [4.78, 5) is 0. The van der Waals surface area contributed by atoms with Gasteiger partial charge in [-0.3, -0.25) is 0 Å². The minimum absolute atomic E-state index is 0.240. The molecule has 2 N–H and O–H groups in total. The normalized spacial score (nSPS) is 10.4. The smallest absolute Gasteiger partial charge is 0.253 e. The molecule has 0 saturated heterocycles. The second-order valence-corrected chi connectivity index (χ2v) is 3.96. The standard InChI is InChI=1S/C10H10BrN3O2/c11-7-2-1-3-8(4-7)15-6-10-14-13-9(5-12)16-10/h1-4H,5-6,12H2. The van der Waals surface area contributed by atoms with Gasteiger partial charge in [-0.25, -0.2) is 0 Å². The molecule has 2 aromatic rings. The van der Waals surface area contributed by atoms with Crippen molar-refractivity contribution in [1.29, 1.82) is 0 Å². The molecule has 0 atom stereocenters. The zero-order valence-electron chi connectivity index (χ0n) is 8.39. The lowest BCUT2D eigenvalue weighted by Gasteiger charge is -2.02. The first-order valence-electron chi connectivity index (χ1n) is 4.67. The van der Waals surface area contributed by atoms with E-state index in [1.54, 1.807) is 0 Å². The minimum Gasteiger partial charge on any atom is -0.484 e. The fourth-order valence-electron chi connectivity index (χ4n) is 1.13. The van der Waals surface area contributed by atoms with Gasteiger partial charge in [-0.05, 0) is 18.2 Å². The quantitative estimate of drug-likeness (QED) is 0.927. The van der Waals surface area contributed by atoms with Crippen LogP contribution in [-0.4, -0.2) is 10.2 Å². The van der Waals surface area contributed by atoms with Crippen LogP contribution in [0.2, 0.25) is 0 Å². The highest BCUT2D eigenvalue weighted by Gasteiger charge is 2.05. The van der Waals surface area contributed by atoms with Gasteiger partial charge in [0.2, 0.25) is 5.89 Å². The van der Waals surface area contributed by atoms with E-state index in [1.165, 1.54) is 0 Å². The van der Waals surface area contributed by atoms with Gasteiger partial charge in [0, 0.05) is 4.47 Å². The van der Waals surface area contributed by atoms with Gasteiger partial charge in [-0.2, -0.15) is 0 Å². The molecule has 84 valence electrons. The Morgan fingerprint density at radius 2 is 2.12 bits per heavy atom. The summed E-state index contributed by atoms with van der Waals surface area (Å²) in [6, 6.07) is 7.52. The van der Waals surface area contributed by atoms with Crippen molar-refractivity contribution in [2.75, 3.05) is 0 Å². The van der Waals surface area contributed by atoms with Crippen molar-refractivity contribution in [2.24, 2.45) is 5.73 Å². The number of halogens is 1. The molecule has 0 spiro atoms. The van der Waals surface area contributed by atoms with Gasteiger partial charge in [0.25, 0.3) is 5.89 Å². The van der Waals surface area contributed by atoms with E-state index in [4.69, 9.17) is 14.9 Å². The summed E-state index contributed by atoms with van der Waals surface area (Å²) in [6.07, 6.45) is 0. The predicted molar refractivity (Wildman–Crippen MR) is 60.7 cm³/mol. The summed E-state index contributed by atoms with van der Waals surface area (Å²) < 4.78 is 11.6. The van der Waals surface area contributed by atoms with Gasteiger partial charge in [0.1, 0.15) is 5.75 Å². The van der Waals surface area contributed by atoms with Gasteiger partial charge >= 0.3 is 0 Å². The van der Waals surface area contributed by atoms with Crippen molar-refractivity contribution in [1.82, 2.24) is 10.2 Å². The average molecular weight is 284 g/mol. The topological polar surface area (TPSA) is 74.2 Å². The molecule has 0 amide bonds. The third-order valence-electron chi connectivity index (χ3n) is 1.84. The zero-order valence-corrected chi connectivity index (χ0v) is 9.98. The first kappa shape index (κ1) is 11.1. The number of ether oxygens (including phenoxy) is 1. The molecule has 0 bridgehead atoms. The van der Waals surface area contributed by atoms with E-state index in [1.807, 2.05) is 24.3 Å². The number of nitrogens with two attached hydrogens (primary N) is 1. The van der Waals surface area contributed by atoms with Crippen molar-refractivity contribution >= 4 is 15.9 Å². The van der Waals surface area contributed by atoms with Crippen LogP contribution < -0.4 is 10.5 Å². The molecule has 6 heteroatoms. The van der Waals surface area contributed by atoms with E-state index in [9.17, 15) is 0 Å². The van der Waals surface area contributed by atoms with Crippen LogP contribution in [0.5, 0.6) is 5.75 Å². The Morgan fingerprint density at radius 3 is 2.81 bits per heavy atom. The number of hydrogen-bond acceptors (Lipinski definition) is 5. The van der Waals surface area contributed by atoms with Crippen molar-refractivity contribution in [3.8, 4) is 5.75 Å². The molecule has 16 heavy (non-hydrogen) atoms. The average Bonchev–Trinajstić information content (AvgIpc) is 2.74. The summed E-state index contributed by atoms with van der Waals surface area (Å²) in [5.41, 5.74) is 5.35. The molecule has 1 aromatic carbocycles. The molecule has 2 rings (SSSR count). The van der Waals surface area contributed by atoms with Crippen LogP contribution in [0, 0.1) is 0 Å². The minimum atomic E-state index is 0.240. The Bertz CT molecular complexity index is 473. The van der Waals surface area contributed by atoms with Crippen molar-refractivity contribution in [3.05, 3.63) is 40.5 Å². The largest absolute Gasteiger partial charge is 0.484 e. The van der Waals surface area contributed by atoms with Crippen LogP contribution in [-0.2, 0) is 13.2 Å². The number of hydrogen-bond donors (Lipinski definition) is 1. The fraction of sp³-hybridized carbons (Fsp3) is 0.200. The fourth-order valence-corrected chi connectivity index (χ4v) is 1.51. The summed E-state index contributed by atoms with van der Waals surface area (Å²) in [6.45, 7) is 0.480. The van der Waals surface area contributed by atoms with Gasteiger partial charge < -0.3 is 14.9 Å². The highest BCUT2D eigenvalue weighted by Crippen LogP contribution is 2.18. The number of benzene rings is 1. The first-order chi connectivity index (χ1) is 7.78. The summed E-state index contributed by atoms with van der Waals surface area (Å²) >= 11 is 3.36. The van der Waals surface area contributed by atoms with Crippen LogP contribution in [0.25, 0.3) is 0 Å². The van der Waals surface area contributed by atoms with Crippen LogP contribution >= 0.6 is 15.9 Å². The van der Waals surface area contributed by atoms with Gasteiger partial charge in [-0.15, -0.1) is 10.2 Å². The molecule has 0 fully saturated rings. The highest BCUT2D eigenvalue weighted by atomic mass is 79.9. The van der Waals surface area contributed by atoms with Gasteiger partial charge in [0.05, 0.1) is 6.54 Å². The Hall–Kier alpha value is -1.40. The summed E-state index contributed by atoms with van der Waals surface area (Å²) in [5.74, 6) is 1.56. The summed E-state index contributed by atoms with van der Waals surface area (Å²) in [7, 11) is 0. The molecule has 0 radical (unpaired) electrons. The van der Waals surface area contributed by atoms with E-state index in [-0.39, 0.29) is 13.2 Å². The van der Waals surface area contributed by atoms with Gasteiger partial charge in [-0.1, -0.05) is 22.0 Å². The highest BCUT2D eigenvalue weighted by molar-refractivity contribution is 9.10. The monoisotopic (exact) mass is 283 g/mol. The molecular formula is C10H10BrN3O2. The van der Waals surface area contributed by atoms with Crippen LogP contribution in [0.1, 0.15) is 11.8 Å². The lowest BCUT2D eigenvalue weighted by atomic mass is 10.3. The van der Waals surface area contributed by atoms with Crippen LogP contribution in [0.15, 0.2) is 33.2 Å². The molecule has 1 aromatic heterocycles. The number of rotatable bonds is 4. The SMILES string of the molecule is NCc1nnc(COc2cccc(Br)c2)o1. The Labute approximate surface area is 101 Å².